The topological polar surface area (TPSA) is 24.9 Å². The second-order valence-electron chi connectivity index (χ2n) is 5.15. The van der Waals surface area contributed by atoms with E-state index in [4.69, 9.17) is 28.2 Å². The van der Waals surface area contributed by atoms with Crippen LogP contribution in [0, 0.1) is 0 Å². The standard InChI is InChI=1S/C15H16Cl2N2S/c1-18-8-13-15(10-3-4-10)19-14(20-13)7-9-2-5-11(16)12(17)6-9/h2,5-6,10,18H,3-4,7-8H2,1H3. The van der Waals surface area contributed by atoms with E-state index in [1.54, 1.807) is 0 Å². The molecule has 1 aromatic heterocycles. The summed E-state index contributed by atoms with van der Waals surface area (Å²) in [6.45, 7) is 0.908. The second kappa shape index (κ2) is 6.02. The summed E-state index contributed by atoms with van der Waals surface area (Å²) in [4.78, 5) is 6.22. The molecule has 0 saturated heterocycles. The molecule has 0 unspecified atom stereocenters. The molecule has 1 fully saturated rings. The molecule has 0 amide bonds. The maximum absolute atomic E-state index is 6.07. The van der Waals surface area contributed by atoms with Gasteiger partial charge in [0, 0.05) is 23.8 Å². The normalized spacial score (nSPS) is 14.8. The van der Waals surface area contributed by atoms with Crippen molar-refractivity contribution >= 4 is 34.5 Å². The van der Waals surface area contributed by atoms with Crippen molar-refractivity contribution in [1.82, 2.24) is 10.3 Å². The molecule has 0 aliphatic heterocycles. The Balaban J connectivity index is 1.82. The molecular weight excluding hydrogens is 311 g/mol. The van der Waals surface area contributed by atoms with Gasteiger partial charge in [0.1, 0.15) is 0 Å². The third kappa shape index (κ3) is 3.17. The first-order valence-corrected chi connectivity index (χ1v) is 8.31. The number of hydrogen-bond acceptors (Lipinski definition) is 3. The van der Waals surface area contributed by atoms with Crippen LogP contribution in [0.4, 0.5) is 0 Å². The number of thiazole rings is 1. The molecule has 0 atom stereocenters. The summed E-state index contributed by atoms with van der Waals surface area (Å²) in [5.74, 6) is 0.692. The molecule has 2 nitrogen and oxygen atoms in total. The highest BCUT2D eigenvalue weighted by Crippen LogP contribution is 2.43. The predicted molar refractivity (Wildman–Crippen MR) is 86.1 cm³/mol. The molecule has 2 aromatic rings. The average Bonchev–Trinajstić information content (AvgIpc) is 3.18. The number of nitrogens with one attached hydrogen (secondary N) is 1. The number of halogens is 2. The third-order valence-corrected chi connectivity index (χ3v) is 5.22. The van der Waals surface area contributed by atoms with Crippen molar-refractivity contribution in [3.8, 4) is 0 Å². The van der Waals surface area contributed by atoms with Gasteiger partial charge >= 0.3 is 0 Å². The Morgan fingerprint density at radius 2 is 2.10 bits per heavy atom. The highest BCUT2D eigenvalue weighted by Gasteiger charge is 2.29. The average molecular weight is 327 g/mol. The van der Waals surface area contributed by atoms with Crippen molar-refractivity contribution in [3.63, 3.8) is 0 Å². The molecule has 0 bridgehead atoms. The van der Waals surface area contributed by atoms with Gasteiger partial charge in [-0.2, -0.15) is 0 Å². The van der Waals surface area contributed by atoms with Crippen LogP contribution in [0.3, 0.4) is 0 Å². The minimum Gasteiger partial charge on any atom is -0.315 e. The Bertz CT molecular complexity index is 620. The number of aromatic nitrogens is 1. The van der Waals surface area contributed by atoms with E-state index < -0.39 is 0 Å². The highest BCUT2D eigenvalue weighted by molar-refractivity contribution is 7.11. The van der Waals surface area contributed by atoms with Gasteiger partial charge < -0.3 is 5.32 Å². The summed E-state index contributed by atoms with van der Waals surface area (Å²) < 4.78 is 0. The van der Waals surface area contributed by atoms with Crippen LogP contribution in [-0.4, -0.2) is 12.0 Å². The summed E-state index contributed by atoms with van der Waals surface area (Å²) in [5, 5.41) is 5.61. The Morgan fingerprint density at radius 3 is 2.75 bits per heavy atom. The zero-order valence-corrected chi connectivity index (χ0v) is 13.6. The van der Waals surface area contributed by atoms with E-state index in [0.717, 1.165) is 23.5 Å². The Hall–Kier alpha value is -0.610. The second-order valence-corrected chi connectivity index (χ2v) is 7.13. The van der Waals surface area contributed by atoms with E-state index in [1.165, 1.54) is 23.4 Å². The molecule has 3 rings (SSSR count). The van der Waals surface area contributed by atoms with Gasteiger partial charge in [-0.25, -0.2) is 4.98 Å². The lowest BCUT2D eigenvalue weighted by atomic mass is 10.1. The van der Waals surface area contributed by atoms with E-state index in [0.29, 0.717) is 16.0 Å². The summed E-state index contributed by atoms with van der Waals surface area (Å²) >= 11 is 13.8. The molecule has 5 heteroatoms. The quantitative estimate of drug-likeness (QED) is 0.865. The smallest absolute Gasteiger partial charge is 0.0975 e. The lowest BCUT2D eigenvalue weighted by Crippen LogP contribution is -2.05. The Kier molecular flexibility index (Phi) is 4.32. The van der Waals surface area contributed by atoms with E-state index in [2.05, 4.69) is 5.32 Å². The molecule has 106 valence electrons. The van der Waals surface area contributed by atoms with Crippen LogP contribution in [0.15, 0.2) is 18.2 Å². The monoisotopic (exact) mass is 326 g/mol. The van der Waals surface area contributed by atoms with E-state index in [9.17, 15) is 0 Å². The van der Waals surface area contributed by atoms with Crippen LogP contribution in [0.2, 0.25) is 10.0 Å². The fourth-order valence-electron chi connectivity index (χ4n) is 2.28. The fourth-order valence-corrected chi connectivity index (χ4v) is 3.80. The molecule has 1 aliphatic rings. The van der Waals surface area contributed by atoms with Crippen LogP contribution >= 0.6 is 34.5 Å². The maximum Gasteiger partial charge on any atom is 0.0975 e. The lowest BCUT2D eigenvalue weighted by Gasteiger charge is -2.00. The van der Waals surface area contributed by atoms with Crippen LogP contribution in [0.1, 0.15) is 39.9 Å². The largest absolute Gasteiger partial charge is 0.315 e. The van der Waals surface area contributed by atoms with Gasteiger partial charge in [0.25, 0.3) is 0 Å². The van der Waals surface area contributed by atoms with Gasteiger partial charge in [0.15, 0.2) is 0 Å². The molecule has 1 N–H and O–H groups in total. The number of rotatable bonds is 5. The van der Waals surface area contributed by atoms with Crippen molar-refractivity contribution < 1.29 is 0 Å². The SMILES string of the molecule is CNCc1sc(Cc2ccc(Cl)c(Cl)c2)nc1C1CC1. The molecule has 1 heterocycles. The highest BCUT2D eigenvalue weighted by atomic mass is 35.5. The minimum atomic E-state index is 0.601. The van der Waals surface area contributed by atoms with Crippen molar-refractivity contribution in [2.24, 2.45) is 0 Å². The molecular formula is C15H16Cl2N2S. The van der Waals surface area contributed by atoms with Gasteiger partial charge in [0.05, 0.1) is 20.7 Å². The van der Waals surface area contributed by atoms with Gasteiger partial charge in [-0.1, -0.05) is 29.3 Å². The maximum atomic E-state index is 6.07. The first-order valence-electron chi connectivity index (χ1n) is 6.74. The van der Waals surface area contributed by atoms with E-state index >= 15 is 0 Å². The first-order chi connectivity index (χ1) is 9.67. The van der Waals surface area contributed by atoms with Crippen molar-refractivity contribution in [2.75, 3.05) is 7.05 Å². The third-order valence-electron chi connectivity index (χ3n) is 3.41. The van der Waals surface area contributed by atoms with Gasteiger partial charge in [0.2, 0.25) is 0 Å². The Morgan fingerprint density at radius 1 is 1.30 bits per heavy atom. The van der Waals surface area contributed by atoms with Crippen LogP contribution in [-0.2, 0) is 13.0 Å². The molecule has 0 spiro atoms. The number of benzene rings is 1. The Labute approximate surface area is 133 Å². The van der Waals surface area contributed by atoms with Crippen molar-refractivity contribution in [2.45, 2.75) is 31.7 Å². The summed E-state index contributed by atoms with van der Waals surface area (Å²) in [7, 11) is 1.98. The van der Waals surface area contributed by atoms with Gasteiger partial charge in [-0.15, -0.1) is 11.3 Å². The van der Waals surface area contributed by atoms with E-state index in [1.807, 2.05) is 36.6 Å². The number of hydrogen-bond donors (Lipinski definition) is 1. The lowest BCUT2D eigenvalue weighted by molar-refractivity contribution is 0.812. The summed E-state index contributed by atoms with van der Waals surface area (Å²) in [6, 6.07) is 5.80. The van der Waals surface area contributed by atoms with Gasteiger partial charge in [-0.05, 0) is 37.6 Å². The van der Waals surface area contributed by atoms with Crippen molar-refractivity contribution in [1.29, 1.82) is 0 Å². The molecule has 20 heavy (non-hydrogen) atoms. The van der Waals surface area contributed by atoms with Crippen LogP contribution in [0.25, 0.3) is 0 Å². The zero-order chi connectivity index (χ0) is 14.1. The summed E-state index contributed by atoms with van der Waals surface area (Å²) in [6.07, 6.45) is 3.39. The van der Waals surface area contributed by atoms with Crippen LogP contribution in [0.5, 0.6) is 0 Å². The summed E-state index contributed by atoms with van der Waals surface area (Å²) in [5.41, 5.74) is 2.46. The molecule has 0 radical (unpaired) electrons. The fraction of sp³-hybridized carbons (Fsp3) is 0.400. The molecule has 1 saturated carbocycles. The predicted octanol–water partition coefficient (Wildman–Crippen LogP) is 4.64. The molecule has 1 aliphatic carbocycles. The zero-order valence-electron chi connectivity index (χ0n) is 11.2. The first kappa shape index (κ1) is 14.3. The van der Waals surface area contributed by atoms with Gasteiger partial charge in [-0.3, -0.25) is 0 Å². The van der Waals surface area contributed by atoms with Crippen LogP contribution < -0.4 is 5.32 Å². The molecule has 1 aromatic carbocycles. The number of nitrogens with zero attached hydrogens (tertiary/aromatic N) is 1. The van der Waals surface area contributed by atoms with Crippen molar-refractivity contribution in [3.05, 3.63) is 49.4 Å². The minimum absolute atomic E-state index is 0.601. The van der Waals surface area contributed by atoms with E-state index in [-0.39, 0.29) is 0 Å².